The number of amides is 1. The van der Waals surface area contributed by atoms with Crippen molar-refractivity contribution in [3.05, 3.63) is 35.2 Å². The van der Waals surface area contributed by atoms with Crippen molar-refractivity contribution in [3.8, 4) is 17.0 Å². The van der Waals surface area contributed by atoms with Crippen LogP contribution in [0.25, 0.3) is 21.3 Å². The summed E-state index contributed by atoms with van der Waals surface area (Å²) in [7, 11) is 3.97. The summed E-state index contributed by atoms with van der Waals surface area (Å²) in [6.07, 6.45) is 2.52. The molecule has 2 aromatic heterocycles. The molecule has 0 radical (unpaired) electrons. The number of aryl methyl sites for hydroxylation is 1. The van der Waals surface area contributed by atoms with Crippen LogP contribution >= 0.6 is 11.3 Å². The Bertz CT molecular complexity index is 1080. The van der Waals surface area contributed by atoms with Crippen molar-refractivity contribution in [2.75, 3.05) is 39.0 Å². The number of anilines is 1. The van der Waals surface area contributed by atoms with Gasteiger partial charge in [-0.15, -0.1) is 21.5 Å². The zero-order chi connectivity index (χ0) is 22.0. The molecule has 1 atom stereocenters. The van der Waals surface area contributed by atoms with Gasteiger partial charge in [0.2, 0.25) is 5.91 Å². The lowest BCUT2D eigenvalue weighted by Gasteiger charge is -2.33. The predicted molar refractivity (Wildman–Crippen MR) is 126 cm³/mol. The van der Waals surface area contributed by atoms with E-state index in [9.17, 15) is 9.90 Å². The Labute approximate surface area is 186 Å². The molecule has 1 aliphatic rings. The van der Waals surface area contributed by atoms with Crippen LogP contribution in [0.4, 0.5) is 5.82 Å². The zero-order valence-electron chi connectivity index (χ0n) is 18.3. The number of piperidine rings is 1. The Balaban J connectivity index is 1.45. The van der Waals surface area contributed by atoms with Gasteiger partial charge in [0.25, 0.3) is 0 Å². The van der Waals surface area contributed by atoms with Gasteiger partial charge in [0.15, 0.2) is 0 Å². The summed E-state index contributed by atoms with van der Waals surface area (Å²) < 4.78 is 1.05. The summed E-state index contributed by atoms with van der Waals surface area (Å²) in [6, 6.07) is 7.95. The van der Waals surface area contributed by atoms with Crippen molar-refractivity contribution in [2.24, 2.45) is 0 Å². The van der Waals surface area contributed by atoms with Crippen molar-refractivity contribution in [1.29, 1.82) is 0 Å². The van der Waals surface area contributed by atoms with E-state index in [1.165, 1.54) is 0 Å². The van der Waals surface area contributed by atoms with E-state index in [1.807, 2.05) is 60.5 Å². The topological polar surface area (TPSA) is 81.6 Å². The third-order valence-electron chi connectivity index (χ3n) is 5.75. The molecule has 1 saturated heterocycles. The van der Waals surface area contributed by atoms with E-state index in [4.69, 9.17) is 0 Å². The summed E-state index contributed by atoms with van der Waals surface area (Å²) >= 11 is 1.60. The molecule has 0 aliphatic carbocycles. The van der Waals surface area contributed by atoms with Crippen LogP contribution in [0.15, 0.2) is 29.6 Å². The van der Waals surface area contributed by atoms with Crippen molar-refractivity contribution < 1.29 is 9.90 Å². The van der Waals surface area contributed by atoms with Crippen LogP contribution < -0.4 is 5.32 Å². The average molecular weight is 440 g/mol. The largest absolute Gasteiger partial charge is 0.507 e. The van der Waals surface area contributed by atoms with Crippen molar-refractivity contribution in [3.63, 3.8) is 0 Å². The number of fused-ring (bicyclic) bond motifs is 1. The molecular weight excluding hydrogens is 410 g/mol. The molecule has 164 valence electrons. The highest BCUT2D eigenvalue weighted by Crippen LogP contribution is 2.38. The fourth-order valence-corrected chi connectivity index (χ4v) is 4.84. The van der Waals surface area contributed by atoms with Crippen LogP contribution in [-0.4, -0.2) is 70.8 Å². The van der Waals surface area contributed by atoms with Gasteiger partial charge in [0.1, 0.15) is 11.6 Å². The van der Waals surface area contributed by atoms with Crippen LogP contribution in [0.3, 0.4) is 0 Å². The Kier molecular flexibility index (Phi) is 6.38. The molecule has 3 heterocycles. The molecule has 0 bridgehead atoms. The number of likely N-dealkylation sites (tertiary alicyclic amines) is 1. The molecule has 1 amide bonds. The van der Waals surface area contributed by atoms with E-state index in [2.05, 4.69) is 15.5 Å². The summed E-state index contributed by atoms with van der Waals surface area (Å²) in [5.74, 6) is 1.15. The second-order valence-corrected chi connectivity index (χ2v) is 9.38. The maximum Gasteiger partial charge on any atom is 0.223 e. The quantitative estimate of drug-likeness (QED) is 0.609. The van der Waals surface area contributed by atoms with Crippen molar-refractivity contribution in [1.82, 2.24) is 20.0 Å². The zero-order valence-corrected chi connectivity index (χ0v) is 19.1. The maximum absolute atomic E-state index is 12.5. The Hall–Kier alpha value is -2.71. The molecule has 8 heteroatoms. The normalized spacial score (nSPS) is 16.8. The van der Waals surface area contributed by atoms with Crippen LogP contribution in [-0.2, 0) is 4.79 Å². The lowest BCUT2D eigenvalue weighted by Crippen LogP contribution is -2.45. The number of carbonyl (C=O) groups excluding carboxylic acids is 1. The van der Waals surface area contributed by atoms with Gasteiger partial charge in [-0.3, -0.25) is 4.79 Å². The smallest absolute Gasteiger partial charge is 0.223 e. The lowest BCUT2D eigenvalue weighted by atomic mass is 10.0. The molecule has 1 aliphatic heterocycles. The van der Waals surface area contributed by atoms with Crippen LogP contribution in [0, 0.1) is 6.92 Å². The second kappa shape index (κ2) is 9.20. The highest BCUT2D eigenvalue weighted by atomic mass is 32.1. The number of nitrogens with zero attached hydrogens (tertiary/aromatic N) is 4. The number of benzene rings is 1. The predicted octanol–water partition coefficient (Wildman–Crippen LogP) is 3.73. The molecule has 0 unspecified atom stereocenters. The van der Waals surface area contributed by atoms with Crippen LogP contribution in [0.2, 0.25) is 0 Å². The van der Waals surface area contributed by atoms with Gasteiger partial charge in [0.05, 0.1) is 5.69 Å². The fourth-order valence-electron chi connectivity index (χ4n) is 4.05. The van der Waals surface area contributed by atoms with Gasteiger partial charge in [0, 0.05) is 47.7 Å². The van der Waals surface area contributed by atoms with Gasteiger partial charge < -0.3 is 20.2 Å². The molecule has 0 saturated carbocycles. The molecule has 4 rings (SSSR count). The Morgan fingerprint density at radius 3 is 2.94 bits per heavy atom. The van der Waals surface area contributed by atoms with Gasteiger partial charge >= 0.3 is 0 Å². The van der Waals surface area contributed by atoms with Crippen LogP contribution in [0.5, 0.6) is 5.75 Å². The number of phenolic OH excluding ortho intramolecular Hbond substituents is 1. The minimum atomic E-state index is 0.159. The Morgan fingerprint density at radius 1 is 1.32 bits per heavy atom. The first-order valence-corrected chi connectivity index (χ1v) is 11.5. The van der Waals surface area contributed by atoms with Gasteiger partial charge in [-0.2, -0.15) is 0 Å². The van der Waals surface area contributed by atoms with Crippen molar-refractivity contribution >= 4 is 33.1 Å². The van der Waals surface area contributed by atoms with Crippen molar-refractivity contribution in [2.45, 2.75) is 32.2 Å². The number of hydrogen-bond donors (Lipinski definition) is 2. The molecule has 0 spiro atoms. The summed E-state index contributed by atoms with van der Waals surface area (Å²) in [5.41, 5.74) is 2.31. The molecule has 1 aromatic carbocycles. The van der Waals surface area contributed by atoms with E-state index in [0.717, 1.165) is 41.6 Å². The van der Waals surface area contributed by atoms with Gasteiger partial charge in [-0.05, 0) is 69.1 Å². The van der Waals surface area contributed by atoms with Crippen LogP contribution in [0.1, 0.15) is 24.8 Å². The van der Waals surface area contributed by atoms with Gasteiger partial charge in [-0.1, -0.05) is 0 Å². The first kappa shape index (κ1) is 21.5. The lowest BCUT2D eigenvalue weighted by molar-refractivity contribution is -0.132. The molecule has 3 aromatic rings. The SMILES string of the molecule is Cc1cc(N[C@H]2CCCN(C(=O)CCN(C)C)C2)nnc1-c1ccc2sccc2c1O. The molecule has 7 nitrogen and oxygen atoms in total. The Morgan fingerprint density at radius 2 is 2.16 bits per heavy atom. The minimum Gasteiger partial charge on any atom is -0.507 e. The monoisotopic (exact) mass is 439 g/mol. The summed E-state index contributed by atoms with van der Waals surface area (Å²) in [6.45, 7) is 4.25. The standard InChI is InChI=1S/C23H29N5O2S/c1-15-13-20(24-16-5-4-10-28(14-16)21(29)8-11-27(2)3)25-26-22(15)18-6-7-19-17(23(18)30)9-12-31-19/h6-7,9,12-13,16,30H,4-5,8,10-11,14H2,1-3H3,(H,24,25)/t16-/m0/s1. The number of hydrogen-bond acceptors (Lipinski definition) is 7. The molecule has 2 N–H and O–H groups in total. The number of phenols is 1. The van der Waals surface area contributed by atoms with Gasteiger partial charge in [-0.25, -0.2) is 0 Å². The first-order valence-electron chi connectivity index (χ1n) is 10.7. The number of carbonyl (C=O) groups is 1. The average Bonchev–Trinajstić information content (AvgIpc) is 3.23. The minimum absolute atomic E-state index is 0.159. The number of aromatic hydroxyl groups is 1. The molecule has 31 heavy (non-hydrogen) atoms. The third kappa shape index (κ3) is 4.80. The molecule has 1 fully saturated rings. The molecular formula is C23H29N5O2S. The van der Waals surface area contributed by atoms with E-state index in [0.29, 0.717) is 30.0 Å². The second-order valence-electron chi connectivity index (χ2n) is 8.43. The van der Waals surface area contributed by atoms with E-state index >= 15 is 0 Å². The highest BCUT2D eigenvalue weighted by molar-refractivity contribution is 7.17. The van der Waals surface area contributed by atoms with E-state index in [-0.39, 0.29) is 17.7 Å². The number of thiophene rings is 1. The fraction of sp³-hybridized carbons (Fsp3) is 0.435. The number of nitrogens with one attached hydrogen (secondary N) is 1. The maximum atomic E-state index is 12.5. The summed E-state index contributed by atoms with van der Waals surface area (Å²) in [4.78, 5) is 16.5. The number of rotatable bonds is 6. The van der Waals surface area contributed by atoms with E-state index in [1.54, 1.807) is 11.3 Å². The van der Waals surface area contributed by atoms with E-state index < -0.39 is 0 Å². The third-order valence-corrected chi connectivity index (χ3v) is 6.63. The number of aromatic nitrogens is 2. The first-order chi connectivity index (χ1) is 14.9. The summed E-state index contributed by atoms with van der Waals surface area (Å²) in [5, 5.41) is 25.7. The highest BCUT2D eigenvalue weighted by Gasteiger charge is 2.24.